The van der Waals surface area contributed by atoms with Crippen LogP contribution < -0.4 is 24.5 Å². The molecule has 5 aromatic rings. The SMILES string of the molecule is COc1cc2c(-c3ccc(-c4ccccc4)cc3)cc3c4c(c[n+](C)c3c2cc1OC)=C1OCOC1CC=4. The first-order chi connectivity index (χ1) is 18.7. The van der Waals surface area contributed by atoms with Crippen molar-refractivity contribution < 1.29 is 23.5 Å². The highest BCUT2D eigenvalue weighted by Crippen LogP contribution is 2.40. The van der Waals surface area contributed by atoms with Gasteiger partial charge in [-0.2, -0.15) is 4.57 Å². The van der Waals surface area contributed by atoms with Gasteiger partial charge in [0.1, 0.15) is 18.9 Å². The summed E-state index contributed by atoms with van der Waals surface area (Å²) in [5.41, 5.74) is 5.82. The zero-order chi connectivity index (χ0) is 25.8. The van der Waals surface area contributed by atoms with Crippen molar-refractivity contribution in [1.82, 2.24) is 0 Å². The van der Waals surface area contributed by atoms with Gasteiger partial charge in [0.05, 0.1) is 30.2 Å². The Hall–Kier alpha value is -4.35. The summed E-state index contributed by atoms with van der Waals surface area (Å²) in [6, 6.07) is 25.8. The minimum absolute atomic E-state index is 0.00485. The molecule has 1 fully saturated rings. The van der Waals surface area contributed by atoms with Gasteiger partial charge in [-0.05, 0) is 46.9 Å². The van der Waals surface area contributed by atoms with Crippen LogP contribution in [-0.2, 0) is 16.5 Å². The van der Waals surface area contributed by atoms with E-state index in [2.05, 4.69) is 90.6 Å². The van der Waals surface area contributed by atoms with Gasteiger partial charge < -0.3 is 18.9 Å². The van der Waals surface area contributed by atoms with E-state index in [0.717, 1.165) is 44.8 Å². The van der Waals surface area contributed by atoms with E-state index < -0.39 is 0 Å². The monoisotopic (exact) mass is 502 g/mol. The predicted octanol–water partition coefficient (Wildman–Crippen LogP) is 4.83. The molecule has 5 heteroatoms. The molecule has 1 aliphatic carbocycles. The Morgan fingerprint density at radius 2 is 1.47 bits per heavy atom. The average Bonchev–Trinajstić information content (AvgIpc) is 3.46. The van der Waals surface area contributed by atoms with Crippen LogP contribution in [0.25, 0.3) is 55.8 Å². The molecule has 1 unspecified atom stereocenters. The van der Waals surface area contributed by atoms with E-state index in [0.29, 0.717) is 18.3 Å². The van der Waals surface area contributed by atoms with Crippen molar-refractivity contribution in [2.75, 3.05) is 21.0 Å². The second-order valence-electron chi connectivity index (χ2n) is 9.81. The first-order valence-corrected chi connectivity index (χ1v) is 12.8. The third kappa shape index (κ3) is 3.46. The van der Waals surface area contributed by atoms with Crippen LogP contribution >= 0.6 is 0 Å². The summed E-state index contributed by atoms with van der Waals surface area (Å²) in [6.45, 7) is 0.308. The van der Waals surface area contributed by atoms with E-state index in [1.54, 1.807) is 14.2 Å². The zero-order valence-corrected chi connectivity index (χ0v) is 21.7. The maximum atomic E-state index is 5.94. The summed E-state index contributed by atoms with van der Waals surface area (Å²) in [6.07, 6.45) is 5.25. The molecule has 1 aliphatic heterocycles. The minimum atomic E-state index is -0.00485. The van der Waals surface area contributed by atoms with E-state index in [4.69, 9.17) is 18.9 Å². The van der Waals surface area contributed by atoms with Gasteiger partial charge >= 0.3 is 0 Å². The lowest BCUT2D eigenvalue weighted by Gasteiger charge is -2.16. The summed E-state index contributed by atoms with van der Waals surface area (Å²) in [5.74, 6) is 2.35. The molecule has 2 aliphatic rings. The van der Waals surface area contributed by atoms with Crippen molar-refractivity contribution in [2.24, 2.45) is 7.05 Å². The molecular formula is C33H28NO4+. The zero-order valence-electron chi connectivity index (χ0n) is 21.7. The van der Waals surface area contributed by atoms with Gasteiger partial charge in [-0.1, -0.05) is 60.7 Å². The molecule has 0 N–H and O–H groups in total. The van der Waals surface area contributed by atoms with Crippen molar-refractivity contribution in [2.45, 2.75) is 12.5 Å². The number of aryl methyl sites for hydroxylation is 1. The molecule has 2 heterocycles. The van der Waals surface area contributed by atoms with Crippen molar-refractivity contribution in [3.63, 3.8) is 0 Å². The van der Waals surface area contributed by atoms with E-state index >= 15 is 0 Å². The Morgan fingerprint density at radius 1 is 0.789 bits per heavy atom. The molecule has 4 aromatic carbocycles. The van der Waals surface area contributed by atoms with E-state index in [-0.39, 0.29) is 6.10 Å². The fourth-order valence-corrected chi connectivity index (χ4v) is 5.92. The highest BCUT2D eigenvalue weighted by molar-refractivity contribution is 6.12. The number of hydrogen-bond acceptors (Lipinski definition) is 4. The van der Waals surface area contributed by atoms with Crippen molar-refractivity contribution in [3.8, 4) is 33.8 Å². The molecule has 0 amide bonds. The number of nitrogens with zero attached hydrogens (tertiary/aromatic N) is 1. The Morgan fingerprint density at radius 3 is 2.21 bits per heavy atom. The minimum Gasteiger partial charge on any atom is -0.493 e. The van der Waals surface area contributed by atoms with Crippen LogP contribution in [0.15, 0.2) is 79.0 Å². The van der Waals surface area contributed by atoms with Crippen molar-refractivity contribution in [3.05, 3.63) is 89.4 Å². The molecule has 0 saturated carbocycles. The lowest BCUT2D eigenvalue weighted by atomic mass is 9.91. The van der Waals surface area contributed by atoms with Crippen LogP contribution in [0.5, 0.6) is 11.5 Å². The third-order valence-corrected chi connectivity index (χ3v) is 7.75. The average molecular weight is 503 g/mol. The number of hydrogen-bond donors (Lipinski definition) is 0. The maximum absolute atomic E-state index is 5.94. The van der Waals surface area contributed by atoms with Crippen molar-refractivity contribution in [1.29, 1.82) is 0 Å². The number of fused-ring (bicyclic) bond motifs is 6. The molecule has 1 atom stereocenters. The summed E-state index contributed by atoms with van der Waals surface area (Å²) in [4.78, 5) is 0. The Labute approximate surface area is 220 Å². The van der Waals surface area contributed by atoms with Crippen LogP contribution in [0.2, 0.25) is 0 Å². The lowest BCUT2D eigenvalue weighted by molar-refractivity contribution is -0.644. The number of rotatable bonds is 4. The molecule has 1 aromatic heterocycles. The molecular weight excluding hydrogens is 474 g/mol. The highest BCUT2D eigenvalue weighted by Gasteiger charge is 2.29. The number of benzene rings is 4. The van der Waals surface area contributed by atoms with Gasteiger partial charge in [0.15, 0.2) is 24.5 Å². The summed E-state index contributed by atoms with van der Waals surface area (Å²) < 4.78 is 25.4. The molecule has 188 valence electrons. The smallest absolute Gasteiger partial charge is 0.220 e. The summed E-state index contributed by atoms with van der Waals surface area (Å²) in [5, 5.41) is 5.68. The number of methoxy groups -OCH3 is 2. The molecule has 0 radical (unpaired) electrons. The van der Waals surface area contributed by atoms with Crippen LogP contribution in [-0.4, -0.2) is 27.1 Å². The van der Waals surface area contributed by atoms with Crippen LogP contribution in [0, 0.1) is 0 Å². The first-order valence-electron chi connectivity index (χ1n) is 12.8. The van der Waals surface area contributed by atoms with E-state index in [1.165, 1.54) is 21.7 Å². The number of aromatic nitrogens is 1. The second-order valence-corrected chi connectivity index (χ2v) is 9.81. The number of pyridine rings is 1. The predicted molar refractivity (Wildman–Crippen MR) is 149 cm³/mol. The Bertz CT molecular complexity index is 1840. The Balaban J connectivity index is 1.56. The standard InChI is InChI=1S/C33H28NO4/c1-34-18-28-23(13-14-29-33(28)38-19-37-29)26-15-24(22-11-9-21(10-12-22)20-7-5-4-6-8-20)25-16-30(35-2)31(36-3)17-27(25)32(26)34/h4-13,15-18,29H,14,19H2,1-3H3/q+1. The molecule has 38 heavy (non-hydrogen) atoms. The Kier molecular flexibility index (Phi) is 5.34. The molecule has 0 spiro atoms. The van der Waals surface area contributed by atoms with Crippen molar-refractivity contribution >= 4 is 33.5 Å². The quantitative estimate of drug-likeness (QED) is 0.261. The third-order valence-electron chi connectivity index (χ3n) is 7.75. The fourth-order valence-electron chi connectivity index (χ4n) is 5.92. The van der Waals surface area contributed by atoms with E-state index in [1.807, 2.05) is 6.07 Å². The second kappa shape index (κ2) is 8.89. The molecule has 7 rings (SSSR count). The summed E-state index contributed by atoms with van der Waals surface area (Å²) >= 11 is 0. The van der Waals surface area contributed by atoms with Gasteiger partial charge in [-0.3, -0.25) is 0 Å². The largest absolute Gasteiger partial charge is 0.493 e. The van der Waals surface area contributed by atoms with Crippen LogP contribution in [0.3, 0.4) is 0 Å². The normalized spacial score (nSPS) is 16.1. The van der Waals surface area contributed by atoms with Gasteiger partial charge in [-0.25, -0.2) is 0 Å². The van der Waals surface area contributed by atoms with Gasteiger partial charge in [0, 0.05) is 10.6 Å². The molecule has 5 nitrogen and oxygen atoms in total. The molecule has 0 bridgehead atoms. The van der Waals surface area contributed by atoms with Crippen LogP contribution in [0.1, 0.15) is 6.42 Å². The van der Waals surface area contributed by atoms with Gasteiger partial charge in [-0.15, -0.1) is 0 Å². The topological polar surface area (TPSA) is 40.8 Å². The van der Waals surface area contributed by atoms with Gasteiger partial charge in [0.2, 0.25) is 5.52 Å². The number of ether oxygens (including phenoxy) is 4. The van der Waals surface area contributed by atoms with Crippen LogP contribution in [0.4, 0.5) is 0 Å². The maximum Gasteiger partial charge on any atom is 0.220 e. The van der Waals surface area contributed by atoms with Gasteiger partial charge in [0.25, 0.3) is 0 Å². The lowest BCUT2D eigenvalue weighted by Crippen LogP contribution is -2.44. The highest BCUT2D eigenvalue weighted by atomic mass is 16.7. The first kappa shape index (κ1) is 22.8. The fraction of sp³-hybridized carbons (Fsp3) is 0.182. The molecule has 1 saturated heterocycles. The summed E-state index contributed by atoms with van der Waals surface area (Å²) in [7, 11) is 5.46. The van der Waals surface area contributed by atoms with E-state index in [9.17, 15) is 0 Å².